The Morgan fingerprint density at radius 3 is 1.94 bits per heavy atom. The normalized spacial score (nSPS) is 10.1. The van der Waals surface area contributed by atoms with E-state index in [1.165, 1.54) is 0 Å². The molecule has 0 unspecified atom stereocenters. The summed E-state index contributed by atoms with van der Waals surface area (Å²) in [6, 6.07) is 17.7. The average Bonchev–Trinajstić information content (AvgIpc) is 2.80. The molecule has 0 fully saturated rings. The molecule has 0 atom stereocenters. The first kappa shape index (κ1) is 23.4. The lowest BCUT2D eigenvalue weighted by molar-refractivity contribution is 0.102. The highest BCUT2D eigenvalue weighted by Gasteiger charge is 2.11. The number of thiocarbonyl (C=S) groups is 1. The SMILES string of the molecule is COc1ccc(C(=O)Nc2ccc(NC(=S)Nc3cc(Br)c(OC)cc3OC)cc2)cc1. The topological polar surface area (TPSA) is 80.9 Å². The average molecular weight is 516 g/mol. The zero-order valence-electron chi connectivity index (χ0n) is 17.7. The number of ether oxygens (including phenoxy) is 3. The fourth-order valence-corrected chi connectivity index (χ4v) is 3.56. The third-order valence-electron chi connectivity index (χ3n) is 4.47. The molecule has 0 spiro atoms. The summed E-state index contributed by atoms with van der Waals surface area (Å²) in [5.41, 5.74) is 2.64. The van der Waals surface area contributed by atoms with Crippen LogP contribution in [0.3, 0.4) is 0 Å². The Kier molecular flexibility index (Phi) is 7.91. The number of benzene rings is 3. The van der Waals surface area contributed by atoms with E-state index >= 15 is 0 Å². The van der Waals surface area contributed by atoms with Gasteiger partial charge in [-0.15, -0.1) is 0 Å². The van der Waals surface area contributed by atoms with Crippen LogP contribution in [-0.2, 0) is 0 Å². The highest BCUT2D eigenvalue weighted by Crippen LogP contribution is 2.36. The summed E-state index contributed by atoms with van der Waals surface area (Å²) in [6.07, 6.45) is 0. The van der Waals surface area contributed by atoms with Gasteiger partial charge in [-0.05, 0) is 82.7 Å². The van der Waals surface area contributed by atoms with Gasteiger partial charge >= 0.3 is 0 Å². The first-order valence-corrected chi connectivity index (χ1v) is 10.7. The van der Waals surface area contributed by atoms with Crippen LogP contribution < -0.4 is 30.2 Å². The molecule has 9 heteroatoms. The number of carbonyl (C=O) groups is 1. The summed E-state index contributed by atoms with van der Waals surface area (Å²) < 4.78 is 16.6. The zero-order chi connectivity index (χ0) is 23.1. The Balaban J connectivity index is 1.61. The fraction of sp³-hybridized carbons (Fsp3) is 0.130. The Labute approximate surface area is 200 Å². The van der Waals surface area contributed by atoms with Gasteiger partial charge in [0.1, 0.15) is 17.2 Å². The van der Waals surface area contributed by atoms with Crippen molar-refractivity contribution in [3.8, 4) is 17.2 Å². The van der Waals surface area contributed by atoms with Gasteiger partial charge < -0.3 is 30.2 Å². The highest BCUT2D eigenvalue weighted by atomic mass is 79.9. The number of methoxy groups -OCH3 is 3. The van der Waals surface area contributed by atoms with Gasteiger partial charge in [-0.25, -0.2) is 0 Å². The van der Waals surface area contributed by atoms with Crippen molar-refractivity contribution in [3.63, 3.8) is 0 Å². The summed E-state index contributed by atoms with van der Waals surface area (Å²) in [7, 11) is 4.74. The van der Waals surface area contributed by atoms with Gasteiger partial charge in [0.2, 0.25) is 0 Å². The Bertz CT molecular complexity index is 1110. The molecule has 3 N–H and O–H groups in total. The number of halogens is 1. The summed E-state index contributed by atoms with van der Waals surface area (Å²) in [5, 5.41) is 9.46. The monoisotopic (exact) mass is 515 g/mol. The van der Waals surface area contributed by atoms with Crippen molar-refractivity contribution in [2.24, 2.45) is 0 Å². The quantitative estimate of drug-likeness (QED) is 0.356. The fourth-order valence-electron chi connectivity index (χ4n) is 2.82. The van der Waals surface area contributed by atoms with Crippen LogP contribution in [0.5, 0.6) is 17.2 Å². The van der Waals surface area contributed by atoms with Crippen LogP contribution in [0.4, 0.5) is 17.1 Å². The molecule has 0 heterocycles. The van der Waals surface area contributed by atoms with E-state index in [9.17, 15) is 4.79 Å². The summed E-state index contributed by atoms with van der Waals surface area (Å²) in [6.45, 7) is 0. The molecule has 0 aliphatic rings. The lowest BCUT2D eigenvalue weighted by Gasteiger charge is -2.15. The van der Waals surface area contributed by atoms with Gasteiger partial charge in [-0.1, -0.05) is 0 Å². The second-order valence-electron chi connectivity index (χ2n) is 6.53. The van der Waals surface area contributed by atoms with Crippen molar-refractivity contribution in [2.45, 2.75) is 0 Å². The van der Waals surface area contributed by atoms with Crippen LogP contribution in [-0.4, -0.2) is 32.3 Å². The van der Waals surface area contributed by atoms with E-state index in [-0.39, 0.29) is 5.91 Å². The number of nitrogens with one attached hydrogen (secondary N) is 3. The van der Waals surface area contributed by atoms with E-state index < -0.39 is 0 Å². The number of carbonyl (C=O) groups excluding carboxylic acids is 1. The van der Waals surface area contributed by atoms with Crippen LogP contribution in [0.2, 0.25) is 0 Å². The molecule has 0 aliphatic heterocycles. The second-order valence-corrected chi connectivity index (χ2v) is 7.79. The summed E-state index contributed by atoms with van der Waals surface area (Å²) in [4.78, 5) is 12.4. The second kappa shape index (κ2) is 10.8. The maximum atomic E-state index is 12.4. The van der Waals surface area contributed by atoms with Crippen LogP contribution in [0, 0.1) is 0 Å². The largest absolute Gasteiger partial charge is 0.497 e. The molecule has 0 saturated carbocycles. The van der Waals surface area contributed by atoms with Crippen LogP contribution >= 0.6 is 28.1 Å². The molecular formula is C23H22BrN3O4S. The van der Waals surface area contributed by atoms with E-state index in [0.717, 1.165) is 10.2 Å². The summed E-state index contributed by atoms with van der Waals surface area (Å²) in [5.74, 6) is 1.73. The van der Waals surface area contributed by atoms with Crippen LogP contribution in [0.25, 0.3) is 0 Å². The van der Waals surface area contributed by atoms with Crippen molar-refractivity contribution in [1.29, 1.82) is 0 Å². The molecule has 7 nitrogen and oxygen atoms in total. The van der Waals surface area contributed by atoms with Crippen LogP contribution in [0.15, 0.2) is 65.1 Å². The number of hydrogen-bond donors (Lipinski definition) is 3. The van der Waals surface area contributed by atoms with Gasteiger partial charge in [0.15, 0.2) is 5.11 Å². The van der Waals surface area contributed by atoms with Crippen LogP contribution in [0.1, 0.15) is 10.4 Å². The maximum Gasteiger partial charge on any atom is 0.255 e. The van der Waals surface area contributed by atoms with Crippen molar-refractivity contribution in [3.05, 3.63) is 70.7 Å². The van der Waals surface area contributed by atoms with Crippen molar-refractivity contribution < 1.29 is 19.0 Å². The minimum absolute atomic E-state index is 0.206. The molecule has 0 radical (unpaired) electrons. The molecule has 1 amide bonds. The smallest absolute Gasteiger partial charge is 0.255 e. The highest BCUT2D eigenvalue weighted by molar-refractivity contribution is 9.10. The Morgan fingerprint density at radius 1 is 0.781 bits per heavy atom. The standard InChI is InChI=1S/C23H22BrN3O4S/c1-29-17-10-4-14(5-11-17)22(28)25-15-6-8-16(9-7-15)26-23(32)27-19-12-18(24)20(30-2)13-21(19)31-3/h4-13H,1-3H3,(H,25,28)(H2,26,27,32). The zero-order valence-corrected chi connectivity index (χ0v) is 20.1. The minimum Gasteiger partial charge on any atom is -0.497 e. The summed E-state index contributed by atoms with van der Waals surface area (Å²) >= 11 is 8.87. The predicted octanol–water partition coefficient (Wildman–Crippen LogP) is 5.54. The van der Waals surface area contributed by atoms with Gasteiger partial charge in [0.25, 0.3) is 5.91 Å². The molecule has 3 aromatic carbocycles. The first-order chi connectivity index (χ1) is 15.4. The predicted molar refractivity (Wildman–Crippen MR) is 134 cm³/mol. The maximum absolute atomic E-state index is 12.4. The van der Waals surface area contributed by atoms with E-state index in [1.54, 1.807) is 63.8 Å². The molecular weight excluding hydrogens is 494 g/mol. The number of hydrogen-bond acceptors (Lipinski definition) is 5. The number of anilines is 3. The Morgan fingerprint density at radius 2 is 1.38 bits per heavy atom. The van der Waals surface area contributed by atoms with E-state index in [2.05, 4.69) is 31.9 Å². The molecule has 0 saturated heterocycles. The molecule has 0 aliphatic carbocycles. The molecule has 3 rings (SSSR count). The van der Waals surface area contributed by atoms with Crippen molar-refractivity contribution in [2.75, 3.05) is 37.3 Å². The van der Waals surface area contributed by atoms with Crippen molar-refractivity contribution in [1.82, 2.24) is 0 Å². The van der Waals surface area contributed by atoms with E-state index in [1.807, 2.05) is 18.2 Å². The van der Waals surface area contributed by atoms with Crippen molar-refractivity contribution >= 4 is 56.2 Å². The molecule has 32 heavy (non-hydrogen) atoms. The first-order valence-electron chi connectivity index (χ1n) is 9.48. The lowest BCUT2D eigenvalue weighted by Crippen LogP contribution is -2.19. The third-order valence-corrected chi connectivity index (χ3v) is 5.30. The molecule has 0 aromatic heterocycles. The Hall–Kier alpha value is -3.30. The van der Waals surface area contributed by atoms with E-state index in [4.69, 9.17) is 26.4 Å². The van der Waals surface area contributed by atoms with Gasteiger partial charge in [-0.3, -0.25) is 4.79 Å². The third kappa shape index (κ3) is 5.89. The number of rotatable bonds is 7. The molecule has 166 valence electrons. The van der Waals surface area contributed by atoms with Gasteiger partial charge in [0.05, 0.1) is 31.5 Å². The van der Waals surface area contributed by atoms with Gasteiger partial charge in [-0.2, -0.15) is 0 Å². The minimum atomic E-state index is -0.206. The lowest BCUT2D eigenvalue weighted by atomic mass is 10.2. The molecule has 0 bridgehead atoms. The van der Waals surface area contributed by atoms with Gasteiger partial charge in [0, 0.05) is 23.0 Å². The number of amides is 1. The molecule has 3 aromatic rings. The van der Waals surface area contributed by atoms with E-state index in [0.29, 0.717) is 39.3 Å².